The van der Waals surface area contributed by atoms with Crippen LogP contribution in [0, 0.1) is 0 Å². The van der Waals surface area contributed by atoms with E-state index in [1.165, 1.54) is 0 Å². The number of carbonyl (C=O) groups excluding carboxylic acids is 1. The lowest BCUT2D eigenvalue weighted by molar-refractivity contribution is -0.167. The molecule has 0 aliphatic carbocycles. The summed E-state index contributed by atoms with van der Waals surface area (Å²) >= 11 is 5.98. The van der Waals surface area contributed by atoms with Crippen molar-refractivity contribution in [1.29, 1.82) is 0 Å². The smallest absolute Gasteiger partial charge is 0.326 e. The molecule has 1 fully saturated rings. The summed E-state index contributed by atoms with van der Waals surface area (Å²) in [6.45, 7) is 9.17. The Hall–Kier alpha value is -1.07. The van der Waals surface area contributed by atoms with Gasteiger partial charge in [0.2, 0.25) is 5.28 Å². The number of rotatable bonds is 3. The molecule has 0 unspecified atom stereocenters. The summed E-state index contributed by atoms with van der Waals surface area (Å²) in [6.07, 6.45) is 3.56. The van der Waals surface area contributed by atoms with Crippen LogP contribution in [-0.4, -0.2) is 38.1 Å². The number of imidazole rings is 1. The second-order valence-electron chi connectivity index (χ2n) is 6.88. The summed E-state index contributed by atoms with van der Waals surface area (Å²) < 4.78 is 7.44. The van der Waals surface area contributed by atoms with Crippen molar-refractivity contribution in [1.82, 2.24) is 14.5 Å². The molecule has 0 saturated carbocycles. The van der Waals surface area contributed by atoms with Gasteiger partial charge < -0.3 is 9.30 Å². The number of hydrogen-bond donors (Lipinski definition) is 0. The van der Waals surface area contributed by atoms with E-state index in [2.05, 4.69) is 9.88 Å². The Balaban J connectivity index is 2.15. The molecular weight excluding hydrogens is 290 g/mol. The molecule has 21 heavy (non-hydrogen) atoms. The zero-order valence-electron chi connectivity index (χ0n) is 13.4. The Labute approximate surface area is 131 Å². The van der Waals surface area contributed by atoms with Crippen LogP contribution in [0.2, 0.25) is 5.28 Å². The summed E-state index contributed by atoms with van der Waals surface area (Å²) in [4.78, 5) is 18.8. The first-order valence-electron chi connectivity index (χ1n) is 7.28. The van der Waals surface area contributed by atoms with Gasteiger partial charge in [0.25, 0.3) is 0 Å². The molecule has 0 aromatic carbocycles. The number of esters is 1. The third-order valence-corrected chi connectivity index (χ3v) is 4.36. The van der Waals surface area contributed by atoms with Gasteiger partial charge in [0, 0.05) is 13.6 Å². The fraction of sp³-hybridized carbons (Fsp3) is 0.733. The third-order valence-electron chi connectivity index (χ3n) is 4.01. The van der Waals surface area contributed by atoms with Gasteiger partial charge in [-0.05, 0) is 58.7 Å². The SMILES string of the molecule is Cn1c(CN2CCC[C@@]2(C)C(=O)OC(C)(C)C)cnc1Cl. The molecule has 0 bridgehead atoms. The van der Waals surface area contributed by atoms with Gasteiger partial charge in [0.05, 0.1) is 11.9 Å². The molecule has 1 aliphatic rings. The van der Waals surface area contributed by atoms with Crippen molar-refractivity contribution in [3.8, 4) is 0 Å². The van der Waals surface area contributed by atoms with Crippen LogP contribution in [0.15, 0.2) is 6.20 Å². The van der Waals surface area contributed by atoms with Crippen molar-refractivity contribution in [2.75, 3.05) is 6.54 Å². The van der Waals surface area contributed by atoms with Crippen LogP contribution in [-0.2, 0) is 23.1 Å². The monoisotopic (exact) mass is 313 g/mol. The highest BCUT2D eigenvalue weighted by Crippen LogP contribution is 2.33. The Morgan fingerprint density at radius 3 is 2.71 bits per heavy atom. The van der Waals surface area contributed by atoms with E-state index in [0.717, 1.165) is 25.1 Å². The van der Waals surface area contributed by atoms with Crippen LogP contribution in [0.25, 0.3) is 0 Å². The lowest BCUT2D eigenvalue weighted by Gasteiger charge is -2.35. The Morgan fingerprint density at radius 1 is 1.52 bits per heavy atom. The topological polar surface area (TPSA) is 47.4 Å². The number of hydrogen-bond acceptors (Lipinski definition) is 4. The van der Waals surface area contributed by atoms with Crippen molar-refractivity contribution >= 4 is 17.6 Å². The van der Waals surface area contributed by atoms with Gasteiger partial charge >= 0.3 is 5.97 Å². The maximum atomic E-state index is 12.6. The number of aromatic nitrogens is 2. The number of ether oxygens (including phenoxy) is 1. The van der Waals surface area contributed by atoms with Crippen LogP contribution in [0.3, 0.4) is 0 Å². The molecule has 0 amide bonds. The molecule has 2 heterocycles. The van der Waals surface area contributed by atoms with Crippen molar-refractivity contribution in [2.24, 2.45) is 7.05 Å². The van der Waals surface area contributed by atoms with Gasteiger partial charge in [-0.3, -0.25) is 9.69 Å². The second kappa shape index (κ2) is 5.61. The first-order chi connectivity index (χ1) is 9.63. The fourth-order valence-electron chi connectivity index (χ4n) is 2.65. The predicted molar refractivity (Wildman–Crippen MR) is 82.1 cm³/mol. The average molecular weight is 314 g/mol. The summed E-state index contributed by atoms with van der Waals surface area (Å²) in [5.41, 5.74) is -0.0505. The maximum absolute atomic E-state index is 12.6. The first kappa shape index (κ1) is 16.3. The van der Waals surface area contributed by atoms with E-state index >= 15 is 0 Å². The van der Waals surface area contributed by atoms with Crippen LogP contribution in [0.1, 0.15) is 46.2 Å². The van der Waals surface area contributed by atoms with Crippen LogP contribution in [0.5, 0.6) is 0 Å². The minimum absolute atomic E-state index is 0.152. The molecule has 5 nitrogen and oxygen atoms in total. The van der Waals surface area contributed by atoms with E-state index in [1.807, 2.05) is 39.3 Å². The molecule has 6 heteroatoms. The number of halogens is 1. The van der Waals surface area contributed by atoms with Crippen molar-refractivity contribution in [3.63, 3.8) is 0 Å². The lowest BCUT2D eigenvalue weighted by atomic mass is 9.98. The normalized spacial score (nSPS) is 23.5. The fourth-order valence-corrected chi connectivity index (χ4v) is 2.81. The standard InChI is InChI=1S/C15H24ClN3O2/c1-14(2,3)21-12(20)15(4)7-6-8-19(15)10-11-9-17-13(16)18(11)5/h9H,6-8,10H2,1-5H3/t15-/m0/s1. The lowest BCUT2D eigenvalue weighted by Crippen LogP contribution is -2.50. The zero-order valence-corrected chi connectivity index (χ0v) is 14.2. The van der Waals surface area contributed by atoms with Crippen LogP contribution in [0.4, 0.5) is 0 Å². The average Bonchev–Trinajstić information content (AvgIpc) is 2.87. The van der Waals surface area contributed by atoms with E-state index in [4.69, 9.17) is 16.3 Å². The molecule has 1 saturated heterocycles. The summed E-state index contributed by atoms with van der Waals surface area (Å²) in [6, 6.07) is 0. The zero-order chi connectivity index (χ0) is 15.8. The van der Waals surface area contributed by atoms with Gasteiger partial charge in [0.1, 0.15) is 11.1 Å². The summed E-state index contributed by atoms with van der Waals surface area (Å²) in [7, 11) is 1.88. The quantitative estimate of drug-likeness (QED) is 0.805. The Kier molecular flexibility index (Phi) is 4.36. The molecular formula is C15H24ClN3O2. The van der Waals surface area contributed by atoms with Gasteiger partial charge in [-0.1, -0.05) is 0 Å². The van der Waals surface area contributed by atoms with E-state index in [1.54, 1.807) is 6.20 Å². The molecule has 0 spiro atoms. The Morgan fingerprint density at radius 2 is 2.19 bits per heavy atom. The predicted octanol–water partition coefficient (Wildman–Crippen LogP) is 2.77. The van der Waals surface area contributed by atoms with Gasteiger partial charge in [-0.15, -0.1) is 0 Å². The van der Waals surface area contributed by atoms with E-state index < -0.39 is 11.1 Å². The van der Waals surface area contributed by atoms with E-state index in [-0.39, 0.29) is 5.97 Å². The molecule has 1 aromatic rings. The molecule has 1 aliphatic heterocycles. The van der Waals surface area contributed by atoms with Gasteiger partial charge in [0.15, 0.2) is 0 Å². The highest BCUT2D eigenvalue weighted by atomic mass is 35.5. The van der Waals surface area contributed by atoms with E-state index in [9.17, 15) is 4.79 Å². The molecule has 0 radical (unpaired) electrons. The number of carbonyl (C=O) groups is 1. The molecule has 118 valence electrons. The molecule has 1 atom stereocenters. The van der Waals surface area contributed by atoms with Gasteiger partial charge in [-0.25, -0.2) is 4.98 Å². The maximum Gasteiger partial charge on any atom is 0.326 e. The highest BCUT2D eigenvalue weighted by Gasteiger charge is 2.45. The number of nitrogens with zero attached hydrogens (tertiary/aromatic N) is 3. The minimum Gasteiger partial charge on any atom is -0.459 e. The van der Waals surface area contributed by atoms with Crippen LogP contribution < -0.4 is 0 Å². The van der Waals surface area contributed by atoms with Crippen molar-refractivity contribution in [2.45, 2.75) is 58.2 Å². The van der Waals surface area contributed by atoms with Crippen molar-refractivity contribution < 1.29 is 9.53 Å². The van der Waals surface area contributed by atoms with E-state index in [0.29, 0.717) is 11.8 Å². The molecule has 0 N–H and O–H groups in total. The second-order valence-corrected chi connectivity index (χ2v) is 7.22. The highest BCUT2D eigenvalue weighted by molar-refractivity contribution is 6.28. The summed E-state index contributed by atoms with van der Waals surface area (Å²) in [5.74, 6) is -0.152. The first-order valence-corrected chi connectivity index (χ1v) is 7.66. The molecule has 1 aromatic heterocycles. The molecule has 2 rings (SSSR count). The third kappa shape index (κ3) is 3.40. The number of likely N-dealkylation sites (tertiary alicyclic amines) is 1. The van der Waals surface area contributed by atoms with Gasteiger partial charge in [-0.2, -0.15) is 0 Å². The van der Waals surface area contributed by atoms with Crippen LogP contribution >= 0.6 is 11.6 Å². The largest absolute Gasteiger partial charge is 0.459 e. The van der Waals surface area contributed by atoms with Crippen molar-refractivity contribution in [3.05, 3.63) is 17.2 Å². The minimum atomic E-state index is -0.579. The Bertz CT molecular complexity index is 536. The summed E-state index contributed by atoms with van der Waals surface area (Å²) in [5, 5.41) is 0.461.